The van der Waals surface area contributed by atoms with Gasteiger partial charge in [0, 0.05) is 11.8 Å². The highest BCUT2D eigenvalue weighted by Crippen LogP contribution is 2.20. The Hall–Kier alpha value is -1.92. The van der Waals surface area contributed by atoms with Crippen LogP contribution in [0.3, 0.4) is 0 Å². The van der Waals surface area contributed by atoms with Gasteiger partial charge in [-0.05, 0) is 58.7 Å². The van der Waals surface area contributed by atoms with Crippen LogP contribution in [0.1, 0.15) is 15.9 Å². The number of aryl methyl sites for hydroxylation is 1. The van der Waals surface area contributed by atoms with Crippen LogP contribution in [-0.2, 0) is 0 Å². The summed E-state index contributed by atoms with van der Waals surface area (Å²) in [6.07, 6.45) is 1.62. The first-order valence-electron chi connectivity index (χ1n) is 5.61. The van der Waals surface area contributed by atoms with Crippen LogP contribution in [0.25, 0.3) is 0 Å². The van der Waals surface area contributed by atoms with E-state index in [4.69, 9.17) is 5.84 Å². The molecular formula is C13H13BrN4O. The van der Waals surface area contributed by atoms with Gasteiger partial charge in [0.15, 0.2) is 0 Å². The first-order chi connectivity index (χ1) is 9.11. The lowest BCUT2D eigenvalue weighted by Crippen LogP contribution is -2.14. The van der Waals surface area contributed by atoms with E-state index in [-0.39, 0.29) is 5.91 Å². The maximum atomic E-state index is 12.1. The zero-order valence-electron chi connectivity index (χ0n) is 10.3. The van der Waals surface area contributed by atoms with Crippen molar-refractivity contribution in [3.63, 3.8) is 0 Å². The standard InChI is InChI=1S/C13H13BrN4O/c1-8-7-9(4-5-11(8)18-15)13(19)17-12-10(14)3-2-6-16-12/h2-7,18H,15H2,1H3,(H,16,17,19). The summed E-state index contributed by atoms with van der Waals surface area (Å²) in [4.78, 5) is 16.2. The number of aromatic nitrogens is 1. The third kappa shape index (κ3) is 3.10. The Kier molecular flexibility index (Phi) is 4.13. The maximum Gasteiger partial charge on any atom is 0.256 e. The minimum atomic E-state index is -0.217. The summed E-state index contributed by atoms with van der Waals surface area (Å²) in [5.41, 5.74) is 4.80. The number of carbonyl (C=O) groups is 1. The Morgan fingerprint density at radius 1 is 1.37 bits per heavy atom. The van der Waals surface area contributed by atoms with Crippen LogP contribution >= 0.6 is 15.9 Å². The van der Waals surface area contributed by atoms with Crippen LogP contribution in [0.5, 0.6) is 0 Å². The predicted octanol–water partition coefficient (Wildman–Crippen LogP) is 2.69. The zero-order chi connectivity index (χ0) is 13.8. The molecule has 0 radical (unpaired) electrons. The van der Waals surface area contributed by atoms with Crippen molar-refractivity contribution in [2.45, 2.75) is 6.92 Å². The number of pyridine rings is 1. The zero-order valence-corrected chi connectivity index (χ0v) is 11.9. The number of carbonyl (C=O) groups excluding carboxylic acids is 1. The lowest BCUT2D eigenvalue weighted by molar-refractivity contribution is 0.102. The number of rotatable bonds is 3. The number of nitrogens with zero attached hydrogens (tertiary/aromatic N) is 1. The minimum absolute atomic E-state index is 0.217. The van der Waals surface area contributed by atoms with Crippen molar-refractivity contribution in [2.75, 3.05) is 10.7 Å². The monoisotopic (exact) mass is 320 g/mol. The van der Waals surface area contributed by atoms with Crippen LogP contribution in [0.4, 0.5) is 11.5 Å². The predicted molar refractivity (Wildman–Crippen MR) is 78.9 cm³/mol. The van der Waals surface area contributed by atoms with E-state index in [9.17, 15) is 4.79 Å². The van der Waals surface area contributed by atoms with Crippen molar-refractivity contribution in [1.82, 2.24) is 4.98 Å². The van der Waals surface area contributed by atoms with E-state index < -0.39 is 0 Å². The van der Waals surface area contributed by atoms with Gasteiger partial charge in [-0.3, -0.25) is 10.6 Å². The van der Waals surface area contributed by atoms with E-state index in [1.165, 1.54) is 0 Å². The molecule has 1 aromatic heterocycles. The van der Waals surface area contributed by atoms with E-state index in [1.54, 1.807) is 30.5 Å². The summed E-state index contributed by atoms with van der Waals surface area (Å²) in [5.74, 6) is 5.63. The number of hydrogen-bond acceptors (Lipinski definition) is 4. The van der Waals surface area contributed by atoms with E-state index >= 15 is 0 Å². The molecule has 0 saturated carbocycles. The lowest BCUT2D eigenvalue weighted by Gasteiger charge is -2.09. The normalized spacial score (nSPS) is 10.1. The molecule has 0 spiro atoms. The van der Waals surface area contributed by atoms with Crippen molar-refractivity contribution < 1.29 is 4.79 Å². The molecule has 0 fully saturated rings. The summed E-state index contributed by atoms with van der Waals surface area (Å²) in [6.45, 7) is 1.88. The van der Waals surface area contributed by atoms with Crippen molar-refractivity contribution in [3.05, 3.63) is 52.1 Å². The van der Waals surface area contributed by atoms with Crippen LogP contribution in [0.2, 0.25) is 0 Å². The highest BCUT2D eigenvalue weighted by Gasteiger charge is 2.10. The van der Waals surface area contributed by atoms with Crippen LogP contribution < -0.4 is 16.6 Å². The number of anilines is 2. The fraction of sp³-hybridized carbons (Fsp3) is 0.0769. The summed E-state index contributed by atoms with van der Waals surface area (Å²) in [5, 5.41) is 2.74. The molecule has 0 aliphatic rings. The third-order valence-electron chi connectivity index (χ3n) is 2.63. The molecule has 1 heterocycles. The molecule has 1 aromatic carbocycles. The van der Waals surface area contributed by atoms with Crippen molar-refractivity contribution in [2.24, 2.45) is 5.84 Å². The number of nitrogens with two attached hydrogens (primary N) is 1. The number of halogens is 1. The first kappa shape index (κ1) is 13.5. The minimum Gasteiger partial charge on any atom is -0.324 e. The van der Waals surface area contributed by atoms with Gasteiger partial charge in [0.2, 0.25) is 0 Å². The van der Waals surface area contributed by atoms with Gasteiger partial charge in [-0.1, -0.05) is 0 Å². The highest BCUT2D eigenvalue weighted by molar-refractivity contribution is 9.10. The molecule has 5 nitrogen and oxygen atoms in total. The fourth-order valence-electron chi connectivity index (χ4n) is 1.62. The van der Waals surface area contributed by atoms with Gasteiger partial charge < -0.3 is 10.7 Å². The number of amides is 1. The van der Waals surface area contributed by atoms with E-state index in [2.05, 4.69) is 31.7 Å². The van der Waals surface area contributed by atoms with Gasteiger partial charge in [-0.25, -0.2) is 4.98 Å². The summed E-state index contributed by atoms with van der Waals surface area (Å²) in [6, 6.07) is 8.83. The second-order valence-corrected chi connectivity index (χ2v) is 4.82. The van der Waals surface area contributed by atoms with Gasteiger partial charge in [0.25, 0.3) is 5.91 Å². The van der Waals surface area contributed by atoms with E-state index in [1.807, 2.05) is 13.0 Å². The smallest absolute Gasteiger partial charge is 0.256 e. The van der Waals surface area contributed by atoms with E-state index in [0.717, 1.165) is 15.7 Å². The summed E-state index contributed by atoms with van der Waals surface area (Å²) < 4.78 is 0.736. The van der Waals surface area contributed by atoms with Gasteiger partial charge >= 0.3 is 0 Å². The number of hydrogen-bond donors (Lipinski definition) is 3. The Balaban J connectivity index is 2.21. The third-order valence-corrected chi connectivity index (χ3v) is 3.27. The largest absolute Gasteiger partial charge is 0.324 e. The molecule has 0 bridgehead atoms. The number of benzene rings is 1. The van der Waals surface area contributed by atoms with Crippen LogP contribution in [-0.4, -0.2) is 10.9 Å². The molecule has 2 rings (SSSR count). The molecule has 6 heteroatoms. The molecular weight excluding hydrogens is 308 g/mol. The number of nitrogen functional groups attached to an aromatic ring is 1. The summed E-state index contributed by atoms with van der Waals surface area (Å²) in [7, 11) is 0. The molecule has 4 N–H and O–H groups in total. The SMILES string of the molecule is Cc1cc(C(=O)Nc2ncccc2Br)ccc1NN. The second kappa shape index (κ2) is 5.81. The van der Waals surface area contributed by atoms with Gasteiger partial charge in [-0.2, -0.15) is 0 Å². The summed E-state index contributed by atoms with van der Waals surface area (Å²) >= 11 is 3.33. The lowest BCUT2D eigenvalue weighted by atomic mass is 10.1. The Bertz CT molecular complexity index is 615. The van der Waals surface area contributed by atoms with Crippen molar-refractivity contribution in [3.8, 4) is 0 Å². The first-order valence-corrected chi connectivity index (χ1v) is 6.40. The van der Waals surface area contributed by atoms with Crippen LogP contribution in [0, 0.1) is 6.92 Å². The molecule has 0 saturated heterocycles. The molecule has 0 aliphatic carbocycles. The average molecular weight is 321 g/mol. The van der Waals surface area contributed by atoms with Crippen molar-refractivity contribution >= 4 is 33.3 Å². The molecule has 1 amide bonds. The second-order valence-electron chi connectivity index (χ2n) is 3.96. The quantitative estimate of drug-likeness (QED) is 0.600. The molecule has 0 aliphatic heterocycles. The molecule has 19 heavy (non-hydrogen) atoms. The van der Waals surface area contributed by atoms with Gasteiger partial charge in [-0.15, -0.1) is 0 Å². The molecule has 0 unspecified atom stereocenters. The fourth-order valence-corrected chi connectivity index (χ4v) is 1.98. The maximum absolute atomic E-state index is 12.1. The Morgan fingerprint density at radius 2 is 2.16 bits per heavy atom. The highest BCUT2D eigenvalue weighted by atomic mass is 79.9. The van der Waals surface area contributed by atoms with Gasteiger partial charge in [0.1, 0.15) is 5.82 Å². The topological polar surface area (TPSA) is 80.0 Å². The van der Waals surface area contributed by atoms with Crippen molar-refractivity contribution in [1.29, 1.82) is 0 Å². The Labute approximate surface area is 119 Å². The average Bonchev–Trinajstić information content (AvgIpc) is 2.41. The van der Waals surface area contributed by atoms with Gasteiger partial charge in [0.05, 0.1) is 10.2 Å². The number of nitrogens with one attached hydrogen (secondary N) is 2. The molecule has 98 valence electrons. The van der Waals surface area contributed by atoms with E-state index in [0.29, 0.717) is 11.4 Å². The molecule has 0 atom stereocenters. The van der Waals surface area contributed by atoms with Crippen LogP contribution in [0.15, 0.2) is 41.0 Å². The molecule has 2 aromatic rings. The number of hydrazine groups is 1. The Morgan fingerprint density at radius 3 is 2.79 bits per heavy atom.